The normalized spacial score (nSPS) is 10.7. The summed E-state index contributed by atoms with van der Waals surface area (Å²) >= 11 is 0. The van der Waals surface area contributed by atoms with Crippen LogP contribution in [0.25, 0.3) is 16.9 Å². The number of benzene rings is 2. The highest BCUT2D eigenvalue weighted by Gasteiger charge is 2.16. The van der Waals surface area contributed by atoms with Gasteiger partial charge in [-0.1, -0.05) is 31.2 Å². The van der Waals surface area contributed by atoms with Crippen molar-refractivity contribution in [2.45, 2.75) is 13.3 Å². The Bertz CT molecular complexity index is 834. The smallest absolute Gasteiger partial charge is 0.354 e. The molecule has 1 aromatic heterocycles. The number of aromatic hydroxyl groups is 1. The molecule has 0 aliphatic heterocycles. The Morgan fingerprint density at radius 3 is 2.30 bits per heavy atom. The van der Waals surface area contributed by atoms with Crippen LogP contribution in [0.2, 0.25) is 0 Å². The highest BCUT2D eigenvalue weighted by atomic mass is 16.4. The van der Waals surface area contributed by atoms with Gasteiger partial charge in [0.05, 0.1) is 11.4 Å². The predicted octanol–water partition coefficient (Wildman–Crippen LogP) is 3.51. The number of aryl methyl sites for hydroxylation is 1. The number of carboxylic acid groups (broad SMARTS) is 1. The van der Waals surface area contributed by atoms with Gasteiger partial charge in [-0.3, -0.25) is 0 Å². The maximum absolute atomic E-state index is 11.5. The monoisotopic (exact) mass is 308 g/mol. The summed E-state index contributed by atoms with van der Waals surface area (Å²) in [6, 6.07) is 15.7. The number of phenols is 1. The van der Waals surface area contributed by atoms with Crippen LogP contribution in [0.4, 0.5) is 0 Å². The van der Waals surface area contributed by atoms with Crippen molar-refractivity contribution in [1.82, 2.24) is 9.78 Å². The molecule has 2 N–H and O–H groups in total. The quantitative estimate of drug-likeness (QED) is 0.773. The molecule has 1 heterocycles. The molecule has 0 aliphatic carbocycles. The number of carbonyl (C=O) groups is 1. The highest BCUT2D eigenvalue weighted by molar-refractivity contribution is 5.88. The molecular formula is C18H16N2O3. The van der Waals surface area contributed by atoms with E-state index in [2.05, 4.69) is 12.0 Å². The van der Waals surface area contributed by atoms with E-state index in [9.17, 15) is 15.0 Å². The van der Waals surface area contributed by atoms with Gasteiger partial charge in [-0.2, -0.15) is 5.10 Å². The Morgan fingerprint density at radius 1 is 1.09 bits per heavy atom. The fourth-order valence-corrected chi connectivity index (χ4v) is 2.38. The summed E-state index contributed by atoms with van der Waals surface area (Å²) in [6.07, 6.45) is 0.947. The Kier molecular flexibility index (Phi) is 3.85. The molecule has 3 rings (SSSR count). The van der Waals surface area contributed by atoms with Gasteiger partial charge in [-0.25, -0.2) is 9.48 Å². The molecule has 116 valence electrons. The van der Waals surface area contributed by atoms with Crippen molar-refractivity contribution in [2.24, 2.45) is 0 Å². The Hall–Kier alpha value is -3.08. The summed E-state index contributed by atoms with van der Waals surface area (Å²) in [4.78, 5) is 11.5. The Labute approximate surface area is 133 Å². The lowest BCUT2D eigenvalue weighted by atomic mass is 10.1. The van der Waals surface area contributed by atoms with Crippen molar-refractivity contribution in [3.63, 3.8) is 0 Å². The second kappa shape index (κ2) is 5.96. The van der Waals surface area contributed by atoms with Crippen LogP contribution in [-0.2, 0) is 6.42 Å². The molecule has 3 aromatic rings. The van der Waals surface area contributed by atoms with Crippen molar-refractivity contribution in [3.05, 3.63) is 65.9 Å². The molecule has 0 atom stereocenters. The first kappa shape index (κ1) is 14.8. The minimum absolute atomic E-state index is 0.0743. The molecule has 0 aliphatic rings. The van der Waals surface area contributed by atoms with Crippen LogP contribution >= 0.6 is 0 Å². The zero-order chi connectivity index (χ0) is 16.4. The van der Waals surface area contributed by atoms with Crippen LogP contribution < -0.4 is 0 Å². The first-order valence-electron chi connectivity index (χ1n) is 7.30. The number of nitrogens with zero attached hydrogens (tertiary/aromatic N) is 2. The maximum Gasteiger partial charge on any atom is 0.354 e. The lowest BCUT2D eigenvalue weighted by molar-refractivity contribution is 0.0687. The van der Waals surface area contributed by atoms with Gasteiger partial charge in [0.15, 0.2) is 5.69 Å². The summed E-state index contributed by atoms with van der Waals surface area (Å²) < 4.78 is 1.37. The first-order valence-corrected chi connectivity index (χ1v) is 7.30. The number of carboxylic acids is 1. The van der Waals surface area contributed by atoms with Crippen molar-refractivity contribution in [2.75, 3.05) is 0 Å². The SMILES string of the molecule is CCc1ccc(-c2cc(C(=O)O)n(-c3ccc(O)cc3)n2)cc1. The molecule has 23 heavy (non-hydrogen) atoms. The van der Waals surface area contributed by atoms with E-state index < -0.39 is 5.97 Å². The van der Waals surface area contributed by atoms with Gasteiger partial charge >= 0.3 is 5.97 Å². The number of hydrogen-bond acceptors (Lipinski definition) is 3. The van der Waals surface area contributed by atoms with Gasteiger partial charge in [0, 0.05) is 5.56 Å². The molecule has 0 saturated carbocycles. The van der Waals surface area contributed by atoms with Crippen molar-refractivity contribution < 1.29 is 15.0 Å². The maximum atomic E-state index is 11.5. The molecule has 0 bridgehead atoms. The molecule has 5 heteroatoms. The standard InChI is InChI=1S/C18H16N2O3/c1-2-12-3-5-13(6-4-12)16-11-17(18(22)23)20(19-16)14-7-9-15(21)10-8-14/h3-11,21H,2H2,1H3,(H,22,23). The van der Waals surface area contributed by atoms with Gasteiger partial charge in [0.1, 0.15) is 5.75 Å². The lowest BCUT2D eigenvalue weighted by Crippen LogP contribution is -2.07. The fraction of sp³-hybridized carbons (Fsp3) is 0.111. The second-order valence-corrected chi connectivity index (χ2v) is 5.20. The molecule has 0 saturated heterocycles. The minimum Gasteiger partial charge on any atom is -0.508 e. The third kappa shape index (κ3) is 2.94. The number of hydrogen-bond donors (Lipinski definition) is 2. The number of aromatic nitrogens is 2. The van der Waals surface area contributed by atoms with Crippen molar-refractivity contribution >= 4 is 5.97 Å². The van der Waals surface area contributed by atoms with Crippen LogP contribution in [0.3, 0.4) is 0 Å². The molecule has 0 fully saturated rings. The van der Waals surface area contributed by atoms with E-state index in [4.69, 9.17) is 0 Å². The van der Waals surface area contributed by atoms with Gasteiger partial charge in [0.25, 0.3) is 0 Å². The van der Waals surface area contributed by atoms with Crippen LogP contribution in [0.15, 0.2) is 54.6 Å². The van der Waals surface area contributed by atoms with E-state index in [0.717, 1.165) is 12.0 Å². The third-order valence-corrected chi connectivity index (χ3v) is 3.68. The number of rotatable bonds is 4. The van der Waals surface area contributed by atoms with Gasteiger partial charge in [0.2, 0.25) is 0 Å². The van der Waals surface area contributed by atoms with E-state index in [0.29, 0.717) is 11.4 Å². The topological polar surface area (TPSA) is 75.3 Å². The number of phenolic OH excluding ortho intramolecular Hbond substituents is 1. The van der Waals surface area contributed by atoms with E-state index in [1.54, 1.807) is 18.2 Å². The van der Waals surface area contributed by atoms with Gasteiger partial charge < -0.3 is 10.2 Å². The van der Waals surface area contributed by atoms with Crippen LogP contribution in [0, 0.1) is 0 Å². The summed E-state index contributed by atoms with van der Waals surface area (Å²) in [7, 11) is 0. The minimum atomic E-state index is -1.05. The summed E-state index contributed by atoms with van der Waals surface area (Å²) in [5.74, 6) is -0.935. The predicted molar refractivity (Wildman–Crippen MR) is 87.0 cm³/mol. The zero-order valence-corrected chi connectivity index (χ0v) is 12.6. The van der Waals surface area contributed by atoms with Crippen LogP contribution in [-0.4, -0.2) is 26.0 Å². The van der Waals surface area contributed by atoms with Gasteiger partial charge in [-0.15, -0.1) is 0 Å². The molecular weight excluding hydrogens is 292 g/mol. The average molecular weight is 308 g/mol. The van der Waals surface area contributed by atoms with Crippen LogP contribution in [0.1, 0.15) is 23.0 Å². The molecule has 5 nitrogen and oxygen atoms in total. The van der Waals surface area contributed by atoms with Crippen LogP contribution in [0.5, 0.6) is 5.75 Å². The summed E-state index contributed by atoms with van der Waals surface area (Å²) in [6.45, 7) is 2.08. The lowest BCUT2D eigenvalue weighted by Gasteiger charge is -2.04. The molecule has 0 unspecified atom stereocenters. The van der Waals surface area contributed by atoms with Crippen molar-refractivity contribution in [3.8, 4) is 22.7 Å². The first-order chi connectivity index (χ1) is 11.1. The number of aromatic carboxylic acids is 1. The van der Waals surface area contributed by atoms with E-state index in [-0.39, 0.29) is 11.4 Å². The fourth-order valence-electron chi connectivity index (χ4n) is 2.38. The average Bonchev–Trinajstić information content (AvgIpc) is 3.01. The van der Waals surface area contributed by atoms with Crippen molar-refractivity contribution in [1.29, 1.82) is 0 Å². The highest BCUT2D eigenvalue weighted by Crippen LogP contribution is 2.23. The molecule has 2 aromatic carbocycles. The largest absolute Gasteiger partial charge is 0.508 e. The summed E-state index contributed by atoms with van der Waals surface area (Å²) in [5.41, 5.74) is 3.33. The second-order valence-electron chi connectivity index (χ2n) is 5.20. The zero-order valence-electron chi connectivity index (χ0n) is 12.6. The Balaban J connectivity index is 2.07. The van der Waals surface area contributed by atoms with E-state index in [1.165, 1.54) is 22.4 Å². The summed E-state index contributed by atoms with van der Waals surface area (Å²) in [5, 5.41) is 23.2. The van der Waals surface area contributed by atoms with E-state index in [1.807, 2.05) is 24.3 Å². The van der Waals surface area contributed by atoms with E-state index >= 15 is 0 Å². The Morgan fingerprint density at radius 2 is 1.74 bits per heavy atom. The molecule has 0 radical (unpaired) electrons. The third-order valence-electron chi connectivity index (χ3n) is 3.68. The molecule has 0 spiro atoms. The van der Waals surface area contributed by atoms with Gasteiger partial charge in [-0.05, 0) is 42.3 Å². The molecule has 0 amide bonds.